The van der Waals surface area contributed by atoms with Gasteiger partial charge >= 0.3 is 0 Å². The fourth-order valence-electron chi connectivity index (χ4n) is 4.78. The smallest absolute Gasteiger partial charge is 0.235 e. The number of piperidine rings is 1. The largest absolute Gasteiger partial charge is 0.341 e. The molecule has 0 atom stereocenters. The number of pyridine rings is 1. The lowest BCUT2D eigenvalue weighted by Gasteiger charge is -2.32. The van der Waals surface area contributed by atoms with Gasteiger partial charge in [-0.3, -0.25) is 10.1 Å². The van der Waals surface area contributed by atoms with E-state index in [4.69, 9.17) is 15.0 Å². The maximum absolute atomic E-state index is 4.87. The summed E-state index contributed by atoms with van der Waals surface area (Å²) in [7, 11) is 0. The van der Waals surface area contributed by atoms with Gasteiger partial charge in [0.1, 0.15) is 0 Å². The van der Waals surface area contributed by atoms with E-state index in [1.165, 1.54) is 36.9 Å². The molecule has 1 saturated carbocycles. The van der Waals surface area contributed by atoms with Crippen LogP contribution < -0.4 is 15.1 Å². The number of aromatic amines is 1. The van der Waals surface area contributed by atoms with E-state index < -0.39 is 0 Å². The zero-order chi connectivity index (χ0) is 21.3. The normalized spacial score (nSPS) is 19.5. The Kier molecular flexibility index (Phi) is 5.09. The summed E-state index contributed by atoms with van der Waals surface area (Å²) >= 11 is 0. The van der Waals surface area contributed by atoms with E-state index in [1.807, 2.05) is 12.4 Å². The van der Waals surface area contributed by atoms with E-state index in [1.54, 1.807) is 0 Å². The summed E-state index contributed by atoms with van der Waals surface area (Å²) in [5.74, 6) is 4.07. The van der Waals surface area contributed by atoms with E-state index in [-0.39, 0.29) is 0 Å². The van der Waals surface area contributed by atoms with E-state index in [9.17, 15) is 0 Å². The van der Waals surface area contributed by atoms with Gasteiger partial charge in [-0.1, -0.05) is 0 Å². The monoisotopic (exact) mass is 431 g/mol. The van der Waals surface area contributed by atoms with Gasteiger partial charge in [0.25, 0.3) is 0 Å². The molecule has 0 unspecified atom stereocenters. The zero-order valence-corrected chi connectivity index (χ0v) is 18.2. The second-order valence-corrected chi connectivity index (χ2v) is 9.10. The average molecular weight is 432 g/mol. The van der Waals surface area contributed by atoms with Crippen molar-refractivity contribution in [3.63, 3.8) is 0 Å². The molecule has 9 nitrogen and oxygen atoms in total. The molecule has 3 fully saturated rings. The molecule has 0 aromatic carbocycles. The Bertz CT molecular complexity index is 1050. The Balaban J connectivity index is 1.22. The van der Waals surface area contributed by atoms with E-state index in [2.05, 4.69) is 48.5 Å². The molecule has 0 spiro atoms. The van der Waals surface area contributed by atoms with Crippen molar-refractivity contribution in [2.75, 3.05) is 41.3 Å². The topological polar surface area (TPSA) is 98.8 Å². The number of anilines is 4. The lowest BCUT2D eigenvalue weighted by atomic mass is 9.90. The van der Waals surface area contributed by atoms with Gasteiger partial charge in [0, 0.05) is 56.3 Å². The molecule has 166 valence electrons. The molecule has 0 radical (unpaired) electrons. The van der Waals surface area contributed by atoms with Crippen molar-refractivity contribution in [1.82, 2.24) is 30.1 Å². The fourth-order valence-corrected chi connectivity index (χ4v) is 4.78. The van der Waals surface area contributed by atoms with Crippen molar-refractivity contribution < 1.29 is 0 Å². The van der Waals surface area contributed by atoms with Gasteiger partial charge in [-0.2, -0.15) is 20.1 Å². The Morgan fingerprint density at radius 1 is 0.812 bits per heavy atom. The molecule has 32 heavy (non-hydrogen) atoms. The van der Waals surface area contributed by atoms with Crippen LogP contribution in [-0.2, 0) is 0 Å². The van der Waals surface area contributed by atoms with Crippen LogP contribution in [0.25, 0.3) is 0 Å². The van der Waals surface area contributed by atoms with Crippen LogP contribution in [0.1, 0.15) is 61.6 Å². The predicted octanol–water partition coefficient (Wildman–Crippen LogP) is 3.59. The number of aromatic nitrogens is 6. The molecular formula is C23H29N9. The first kappa shape index (κ1) is 19.5. The van der Waals surface area contributed by atoms with Crippen molar-refractivity contribution >= 4 is 23.7 Å². The second kappa shape index (κ2) is 8.37. The summed E-state index contributed by atoms with van der Waals surface area (Å²) in [6.45, 7) is 3.87. The van der Waals surface area contributed by atoms with Crippen molar-refractivity contribution in [3.8, 4) is 0 Å². The number of hydrogen-bond acceptors (Lipinski definition) is 8. The summed E-state index contributed by atoms with van der Waals surface area (Å²) in [5, 5.41) is 10.9. The molecule has 3 aromatic heterocycles. The Hall–Kier alpha value is -3.23. The van der Waals surface area contributed by atoms with Crippen LogP contribution >= 0.6 is 0 Å². The summed E-state index contributed by atoms with van der Waals surface area (Å²) in [4.78, 5) is 23.1. The molecule has 3 aliphatic rings. The Morgan fingerprint density at radius 3 is 2.19 bits per heavy atom. The molecule has 2 saturated heterocycles. The summed E-state index contributed by atoms with van der Waals surface area (Å²) in [6.07, 6.45) is 10.8. The van der Waals surface area contributed by atoms with Crippen LogP contribution in [0.15, 0.2) is 30.6 Å². The van der Waals surface area contributed by atoms with Crippen LogP contribution in [0.5, 0.6) is 0 Å². The number of nitrogens with zero attached hydrogens (tertiary/aromatic N) is 7. The van der Waals surface area contributed by atoms with Crippen molar-refractivity contribution in [3.05, 3.63) is 41.9 Å². The first-order valence-corrected chi connectivity index (χ1v) is 11.8. The molecular weight excluding hydrogens is 402 g/mol. The van der Waals surface area contributed by atoms with E-state index in [0.717, 1.165) is 56.7 Å². The van der Waals surface area contributed by atoms with Crippen molar-refractivity contribution in [1.29, 1.82) is 0 Å². The van der Waals surface area contributed by atoms with Gasteiger partial charge in [-0.05, 0) is 62.1 Å². The van der Waals surface area contributed by atoms with Crippen molar-refractivity contribution in [2.45, 2.75) is 50.4 Å². The first-order valence-electron chi connectivity index (χ1n) is 11.8. The highest BCUT2D eigenvalue weighted by molar-refractivity contribution is 5.53. The van der Waals surface area contributed by atoms with Gasteiger partial charge in [-0.15, -0.1) is 0 Å². The van der Waals surface area contributed by atoms with E-state index >= 15 is 0 Å². The summed E-state index contributed by atoms with van der Waals surface area (Å²) in [6, 6.07) is 6.35. The Morgan fingerprint density at radius 2 is 1.50 bits per heavy atom. The zero-order valence-electron chi connectivity index (χ0n) is 18.2. The molecule has 0 bridgehead atoms. The summed E-state index contributed by atoms with van der Waals surface area (Å²) in [5.41, 5.74) is 2.57. The van der Waals surface area contributed by atoms with Gasteiger partial charge < -0.3 is 15.1 Å². The maximum atomic E-state index is 4.87. The van der Waals surface area contributed by atoms with Gasteiger partial charge in [-0.25, -0.2) is 0 Å². The third-order valence-corrected chi connectivity index (χ3v) is 6.81. The van der Waals surface area contributed by atoms with Crippen molar-refractivity contribution in [2.24, 2.45) is 0 Å². The molecule has 2 N–H and O–H groups in total. The SMILES string of the molecule is c1cc(C2CCN(c3nc(Nc4cc(C5CC5)[nH]n4)nc(N4CCCC4)n3)CC2)ccn1. The highest BCUT2D eigenvalue weighted by atomic mass is 15.4. The molecule has 3 aromatic rings. The van der Waals surface area contributed by atoms with E-state index in [0.29, 0.717) is 17.8 Å². The molecule has 9 heteroatoms. The standard InChI is InChI=1S/C23H29N9/c1-2-12-31(11-1)22-26-21(25-20-15-19(29-30-20)18-3-4-18)27-23(28-22)32-13-7-17(8-14-32)16-5-9-24-10-6-16/h5-6,9-10,15,17-18H,1-4,7-8,11-14H2,(H2,25,26,27,28,29,30). The van der Waals surface area contributed by atoms with Crippen LogP contribution in [0.3, 0.4) is 0 Å². The van der Waals surface area contributed by atoms with Gasteiger partial charge in [0.05, 0.1) is 0 Å². The van der Waals surface area contributed by atoms with Crippen LogP contribution in [-0.4, -0.2) is 56.3 Å². The highest BCUT2D eigenvalue weighted by Crippen LogP contribution is 2.39. The van der Waals surface area contributed by atoms with Gasteiger partial charge in [0.15, 0.2) is 5.82 Å². The number of nitrogens with one attached hydrogen (secondary N) is 2. The molecule has 2 aliphatic heterocycles. The maximum Gasteiger partial charge on any atom is 0.235 e. The number of H-pyrrole nitrogens is 1. The highest BCUT2D eigenvalue weighted by Gasteiger charge is 2.27. The number of hydrogen-bond donors (Lipinski definition) is 2. The van der Waals surface area contributed by atoms with Gasteiger partial charge in [0.2, 0.25) is 17.8 Å². The molecule has 0 amide bonds. The van der Waals surface area contributed by atoms with Crippen LogP contribution in [0, 0.1) is 0 Å². The lowest BCUT2D eigenvalue weighted by molar-refractivity contribution is 0.499. The first-order chi connectivity index (χ1) is 15.8. The third-order valence-electron chi connectivity index (χ3n) is 6.81. The molecule has 1 aliphatic carbocycles. The number of rotatable bonds is 6. The van der Waals surface area contributed by atoms with Crippen LogP contribution in [0.4, 0.5) is 23.7 Å². The second-order valence-electron chi connectivity index (χ2n) is 9.10. The fraction of sp³-hybridized carbons (Fsp3) is 0.522. The minimum atomic E-state index is 0.566. The summed E-state index contributed by atoms with van der Waals surface area (Å²) < 4.78 is 0. The quantitative estimate of drug-likeness (QED) is 0.611. The van der Waals surface area contributed by atoms with Crippen LogP contribution in [0.2, 0.25) is 0 Å². The third kappa shape index (κ3) is 4.11. The Labute approximate surface area is 187 Å². The molecule has 5 heterocycles. The minimum absolute atomic E-state index is 0.566. The minimum Gasteiger partial charge on any atom is -0.341 e. The molecule has 6 rings (SSSR count). The predicted molar refractivity (Wildman–Crippen MR) is 124 cm³/mol. The average Bonchev–Trinajstić information content (AvgIpc) is 3.34. The lowest BCUT2D eigenvalue weighted by Crippen LogP contribution is -2.35.